The predicted octanol–water partition coefficient (Wildman–Crippen LogP) is 5.78. The maximum atomic E-state index is 11.9. The zero-order valence-electron chi connectivity index (χ0n) is 16.5. The van der Waals surface area contributed by atoms with Crippen molar-refractivity contribution in [2.24, 2.45) is 0 Å². The third kappa shape index (κ3) is 3.83. The van der Waals surface area contributed by atoms with Crippen molar-refractivity contribution in [2.45, 2.75) is 13.8 Å². The van der Waals surface area contributed by atoms with Crippen LogP contribution in [0, 0.1) is 6.92 Å². The van der Waals surface area contributed by atoms with Gasteiger partial charge in [-0.05, 0) is 43.2 Å². The summed E-state index contributed by atoms with van der Waals surface area (Å²) in [4.78, 5) is 19.8. The van der Waals surface area contributed by atoms with E-state index in [0.717, 1.165) is 39.0 Å². The third-order valence-corrected chi connectivity index (χ3v) is 4.81. The van der Waals surface area contributed by atoms with E-state index < -0.39 is 0 Å². The van der Waals surface area contributed by atoms with Crippen LogP contribution >= 0.6 is 0 Å². The highest BCUT2D eigenvalue weighted by atomic mass is 16.5. The highest BCUT2D eigenvalue weighted by Gasteiger charge is 2.16. The number of carbonyl (C=O) groups excluding carboxylic acids is 1. The Bertz CT molecular complexity index is 1190. The lowest BCUT2D eigenvalue weighted by Crippen LogP contribution is -1.98. The zero-order chi connectivity index (χ0) is 20.2. The van der Waals surface area contributed by atoms with Crippen LogP contribution < -0.4 is 0 Å². The van der Waals surface area contributed by atoms with Crippen LogP contribution in [0.25, 0.3) is 39.5 Å². The van der Waals surface area contributed by atoms with Crippen molar-refractivity contribution in [1.29, 1.82) is 0 Å². The second-order valence-corrected chi connectivity index (χ2v) is 6.81. The van der Waals surface area contributed by atoms with Gasteiger partial charge in [-0.1, -0.05) is 54.1 Å². The summed E-state index contributed by atoms with van der Waals surface area (Å²) in [5.41, 5.74) is 7.14. The Balaban J connectivity index is 1.93. The van der Waals surface area contributed by atoms with Crippen LogP contribution in [-0.4, -0.2) is 22.5 Å². The van der Waals surface area contributed by atoms with Gasteiger partial charge in [-0.25, -0.2) is 9.78 Å². The molecule has 4 rings (SSSR count). The molecule has 4 aromatic rings. The van der Waals surface area contributed by atoms with Crippen molar-refractivity contribution in [3.8, 4) is 22.4 Å². The van der Waals surface area contributed by atoms with E-state index in [1.807, 2.05) is 36.4 Å². The molecule has 4 heteroatoms. The summed E-state index contributed by atoms with van der Waals surface area (Å²) in [5.74, 6) is -0.358. The topological polar surface area (TPSA) is 55.0 Å². The van der Waals surface area contributed by atoms with Gasteiger partial charge in [0.1, 0.15) is 5.65 Å². The molecule has 0 unspecified atom stereocenters. The molecule has 0 aliphatic heterocycles. The Morgan fingerprint density at radius 3 is 2.69 bits per heavy atom. The number of carbonyl (C=O) groups is 1. The first-order chi connectivity index (χ1) is 14.2. The second kappa shape index (κ2) is 8.15. The fourth-order valence-corrected chi connectivity index (χ4v) is 3.50. The molecule has 0 aliphatic carbocycles. The first-order valence-corrected chi connectivity index (χ1v) is 9.65. The van der Waals surface area contributed by atoms with E-state index in [9.17, 15) is 4.79 Å². The van der Waals surface area contributed by atoms with Crippen molar-refractivity contribution >= 4 is 23.1 Å². The second-order valence-electron chi connectivity index (χ2n) is 6.81. The van der Waals surface area contributed by atoms with E-state index >= 15 is 0 Å². The number of aryl methyl sites for hydroxylation is 1. The lowest BCUT2D eigenvalue weighted by molar-refractivity contribution is -0.137. The van der Waals surface area contributed by atoms with Crippen LogP contribution in [0.4, 0.5) is 0 Å². The van der Waals surface area contributed by atoms with Gasteiger partial charge in [0, 0.05) is 28.8 Å². The van der Waals surface area contributed by atoms with Crippen LogP contribution in [0.15, 0.2) is 72.9 Å². The molecule has 0 saturated heterocycles. The Labute approximate surface area is 169 Å². The van der Waals surface area contributed by atoms with E-state index in [4.69, 9.17) is 4.74 Å². The quantitative estimate of drug-likeness (QED) is 0.351. The van der Waals surface area contributed by atoms with Gasteiger partial charge in [-0.2, -0.15) is 0 Å². The van der Waals surface area contributed by atoms with Gasteiger partial charge in [0.25, 0.3) is 0 Å². The van der Waals surface area contributed by atoms with Gasteiger partial charge >= 0.3 is 5.97 Å². The van der Waals surface area contributed by atoms with Crippen molar-refractivity contribution in [3.05, 3.63) is 84.1 Å². The lowest BCUT2D eigenvalue weighted by atomic mass is 9.94. The fraction of sp³-hybridized carbons (Fsp3) is 0.120. The number of nitrogens with zero attached hydrogens (tertiary/aromatic N) is 1. The highest BCUT2D eigenvalue weighted by molar-refractivity contribution is 6.00. The summed E-state index contributed by atoms with van der Waals surface area (Å²) >= 11 is 0. The number of aromatic amines is 1. The van der Waals surface area contributed by atoms with Gasteiger partial charge in [0.2, 0.25) is 0 Å². The molecule has 2 heterocycles. The Morgan fingerprint density at radius 2 is 1.90 bits per heavy atom. The summed E-state index contributed by atoms with van der Waals surface area (Å²) in [6.45, 7) is 4.23. The molecule has 0 spiro atoms. The van der Waals surface area contributed by atoms with E-state index in [0.29, 0.717) is 6.61 Å². The molecule has 0 atom stereocenters. The molecule has 2 aromatic heterocycles. The number of aromatic nitrogens is 2. The molecule has 0 bridgehead atoms. The number of pyridine rings is 1. The van der Waals surface area contributed by atoms with Crippen LogP contribution in [0.5, 0.6) is 0 Å². The van der Waals surface area contributed by atoms with Gasteiger partial charge in [-0.15, -0.1) is 0 Å². The number of rotatable bonds is 5. The average molecular weight is 382 g/mol. The summed E-state index contributed by atoms with van der Waals surface area (Å²) in [5, 5.41) is 0.961. The number of benzene rings is 2. The fourth-order valence-electron chi connectivity index (χ4n) is 3.50. The molecule has 2 aromatic carbocycles. The minimum Gasteiger partial charge on any atom is -0.463 e. The number of ether oxygens (including phenoxy) is 1. The van der Waals surface area contributed by atoms with E-state index in [2.05, 4.69) is 47.2 Å². The largest absolute Gasteiger partial charge is 0.463 e. The Hall–Kier alpha value is -3.66. The van der Waals surface area contributed by atoms with Gasteiger partial charge < -0.3 is 9.72 Å². The number of H-pyrrole nitrogens is 1. The summed E-state index contributed by atoms with van der Waals surface area (Å²) in [6, 6.07) is 20.6. The summed E-state index contributed by atoms with van der Waals surface area (Å²) in [6.07, 6.45) is 5.04. The Kier molecular flexibility index (Phi) is 5.25. The zero-order valence-corrected chi connectivity index (χ0v) is 16.5. The van der Waals surface area contributed by atoms with E-state index in [-0.39, 0.29) is 5.97 Å². The van der Waals surface area contributed by atoms with Gasteiger partial charge in [0.05, 0.1) is 12.3 Å². The minimum absolute atomic E-state index is 0.349. The maximum absolute atomic E-state index is 11.9. The molecule has 29 heavy (non-hydrogen) atoms. The number of hydrogen-bond acceptors (Lipinski definition) is 3. The SMILES string of the molecule is CCOC(=O)/C=C/c1c(-c2ccc(C)cc2-c2ccccc2)[nH]c2ncccc12. The van der Waals surface area contributed by atoms with Crippen molar-refractivity contribution < 1.29 is 9.53 Å². The van der Waals surface area contributed by atoms with Gasteiger partial charge in [-0.3, -0.25) is 0 Å². The third-order valence-electron chi connectivity index (χ3n) is 4.81. The summed E-state index contributed by atoms with van der Waals surface area (Å²) < 4.78 is 5.06. The molecule has 0 aliphatic rings. The predicted molar refractivity (Wildman–Crippen MR) is 117 cm³/mol. The first-order valence-electron chi connectivity index (χ1n) is 9.65. The molecule has 0 amide bonds. The molecule has 4 nitrogen and oxygen atoms in total. The van der Waals surface area contributed by atoms with Crippen LogP contribution in [-0.2, 0) is 9.53 Å². The smallest absolute Gasteiger partial charge is 0.330 e. The van der Waals surface area contributed by atoms with E-state index in [1.165, 1.54) is 11.6 Å². The van der Waals surface area contributed by atoms with Crippen LogP contribution in [0.1, 0.15) is 18.1 Å². The lowest BCUT2D eigenvalue weighted by Gasteiger charge is -2.11. The molecular weight excluding hydrogens is 360 g/mol. The highest BCUT2D eigenvalue weighted by Crippen LogP contribution is 2.37. The number of nitrogens with one attached hydrogen (secondary N) is 1. The first kappa shape index (κ1) is 18.7. The number of esters is 1. The van der Waals surface area contributed by atoms with Crippen molar-refractivity contribution in [2.75, 3.05) is 6.61 Å². The van der Waals surface area contributed by atoms with Gasteiger partial charge in [0.15, 0.2) is 0 Å². The van der Waals surface area contributed by atoms with Crippen LogP contribution in [0.2, 0.25) is 0 Å². The molecule has 0 fully saturated rings. The minimum atomic E-state index is -0.358. The van der Waals surface area contributed by atoms with Crippen molar-refractivity contribution in [1.82, 2.24) is 9.97 Å². The average Bonchev–Trinajstić information content (AvgIpc) is 3.11. The van der Waals surface area contributed by atoms with Crippen LogP contribution in [0.3, 0.4) is 0 Å². The Morgan fingerprint density at radius 1 is 1.07 bits per heavy atom. The molecular formula is C25H22N2O2. The van der Waals surface area contributed by atoms with E-state index in [1.54, 1.807) is 13.1 Å². The standard InChI is InChI=1S/C25H22N2O2/c1-3-29-23(28)14-13-19-21-10-7-15-26-25(21)27-24(19)20-12-11-17(2)16-22(20)18-8-5-4-6-9-18/h4-16H,3H2,1-2H3,(H,26,27)/b14-13+. The molecule has 1 N–H and O–H groups in total. The van der Waals surface area contributed by atoms with Crippen molar-refractivity contribution in [3.63, 3.8) is 0 Å². The summed E-state index contributed by atoms with van der Waals surface area (Å²) in [7, 11) is 0. The maximum Gasteiger partial charge on any atom is 0.330 e. The molecule has 0 radical (unpaired) electrons. The molecule has 0 saturated carbocycles. The number of hydrogen-bond donors (Lipinski definition) is 1. The normalized spacial score (nSPS) is 11.2. The monoisotopic (exact) mass is 382 g/mol. The molecule has 144 valence electrons. The number of fused-ring (bicyclic) bond motifs is 1.